The van der Waals surface area contributed by atoms with Crippen LogP contribution in [0.15, 0.2) is 298 Å². The first-order valence-electron chi connectivity index (χ1n) is 39.4. The van der Waals surface area contributed by atoms with Gasteiger partial charge in [0.05, 0.1) is 113 Å². The average molecular weight is 1690 g/mol. The number of aromatic hydroxyl groups is 5. The summed E-state index contributed by atoms with van der Waals surface area (Å²) in [7, 11) is 0. The Morgan fingerprint density at radius 1 is 0.254 bits per heavy atom. The number of nitrogens with two attached hydrogens (primary N) is 3. The molecular formula is C96H73F6N15O9. The number of hydrogen-bond acceptors (Lipinski definition) is 20. The third-order valence-corrected chi connectivity index (χ3v) is 20.8. The highest BCUT2D eigenvalue weighted by Gasteiger charge is 2.27. The van der Waals surface area contributed by atoms with Crippen molar-refractivity contribution >= 4 is 39.7 Å². The number of nitrogens with zero attached hydrogens (tertiary/aromatic N) is 12. The minimum Gasteiger partial charge on any atom is -0.505 e. The molecule has 30 heteroatoms. The molecule has 0 aliphatic heterocycles. The Kier molecular flexibility index (Phi) is 23.1. The van der Waals surface area contributed by atoms with Crippen LogP contribution in [0.1, 0.15) is 90.8 Å². The van der Waals surface area contributed by atoms with Crippen molar-refractivity contribution in [1.82, 2.24) is 57.5 Å². The van der Waals surface area contributed by atoms with E-state index in [1.165, 1.54) is 86.8 Å². The van der Waals surface area contributed by atoms with Crippen molar-refractivity contribution in [2.75, 3.05) is 17.2 Å². The molecule has 0 unspecified atom stereocenters. The zero-order chi connectivity index (χ0) is 87.2. The van der Waals surface area contributed by atoms with Crippen molar-refractivity contribution in [3.05, 3.63) is 406 Å². The van der Waals surface area contributed by atoms with Crippen LogP contribution in [0.2, 0.25) is 0 Å². The Balaban J connectivity index is 0.000000119. The maximum Gasteiger partial charge on any atom is 0.219 e. The van der Waals surface area contributed by atoms with Gasteiger partial charge >= 0.3 is 0 Å². The number of benzene rings is 8. The number of phenols is 1. The molecule has 20 rings (SSSR count). The zero-order valence-corrected chi connectivity index (χ0v) is 66.5. The summed E-state index contributed by atoms with van der Waals surface area (Å²) < 4.78 is 115. The van der Waals surface area contributed by atoms with Crippen LogP contribution in [0.25, 0.3) is 67.6 Å². The molecule has 0 amide bonds. The predicted molar refractivity (Wildman–Crippen MR) is 458 cm³/mol. The topological polar surface area (TPSA) is 353 Å². The van der Waals surface area contributed by atoms with E-state index in [4.69, 9.17) is 39.9 Å². The molecular weight excluding hydrogens is 1620 g/mol. The molecule has 628 valence electrons. The van der Waals surface area contributed by atoms with Crippen LogP contribution < -0.4 is 17.2 Å². The lowest BCUT2D eigenvalue weighted by molar-refractivity contribution is 0.433. The molecule has 12 aromatic heterocycles. The first-order valence-corrected chi connectivity index (χ1v) is 39.4. The summed E-state index contributed by atoms with van der Waals surface area (Å²) in [6.45, 7) is 0. The van der Waals surface area contributed by atoms with Gasteiger partial charge in [0.1, 0.15) is 57.5 Å². The lowest BCUT2D eigenvalue weighted by Gasteiger charge is -2.10. The number of halogens is 6. The number of anilines is 3. The Morgan fingerprint density at radius 3 is 0.810 bits per heavy atom. The van der Waals surface area contributed by atoms with Gasteiger partial charge in [0, 0.05) is 72.7 Å². The molecule has 12 heterocycles. The van der Waals surface area contributed by atoms with Crippen molar-refractivity contribution in [2.24, 2.45) is 0 Å². The standard InChI is InChI=1S/2C24H18F2N4O2.C24H19FN4O2.C24H18FN3O3/c2*25-17-8-2-1-5-14(17)11-19-23-29-20(12-15-6-4-10-32-15)24(31)30(23)13-21(28-19)16-7-3-9-18(27)22(16)26;25-22-17(9-4-10-18(22)26)21-14-29-23(19(27-21)12-15-6-2-1-3-7-15)28-20(24(29)30)13-16-8-5-11-31-16;25-22-17(9-4-10-21(22)29)20-14-28-23(18(26-20)12-15-6-2-1-3-7-15)27-19(24(28)30)13-16-8-5-11-31-16/h2*1-10,13,31H,11-12,27H2;1-11,14,30H,12-13,26H2;1-11,14,29-30H,12-13H2. The fourth-order valence-corrected chi connectivity index (χ4v) is 14.5. The van der Waals surface area contributed by atoms with Crippen LogP contribution in [0.5, 0.6) is 29.3 Å². The Hall–Kier alpha value is -16.7. The van der Waals surface area contributed by atoms with Gasteiger partial charge in [0.25, 0.3) is 0 Å². The van der Waals surface area contributed by atoms with Gasteiger partial charge < -0.3 is 60.4 Å². The van der Waals surface area contributed by atoms with Gasteiger partial charge in [-0.3, -0.25) is 17.6 Å². The lowest BCUT2D eigenvalue weighted by atomic mass is 10.1. The van der Waals surface area contributed by atoms with Crippen molar-refractivity contribution in [1.29, 1.82) is 0 Å². The average Bonchev–Trinajstić information content (AvgIpc) is 1.61. The van der Waals surface area contributed by atoms with E-state index in [-0.39, 0.29) is 117 Å². The van der Waals surface area contributed by atoms with E-state index in [9.17, 15) is 51.9 Å². The van der Waals surface area contributed by atoms with Crippen LogP contribution in [-0.4, -0.2) is 83.0 Å². The third-order valence-electron chi connectivity index (χ3n) is 20.8. The number of hydrogen-bond donors (Lipinski definition) is 8. The Morgan fingerprint density at radius 2 is 0.524 bits per heavy atom. The zero-order valence-electron chi connectivity index (χ0n) is 66.5. The smallest absolute Gasteiger partial charge is 0.219 e. The van der Waals surface area contributed by atoms with Crippen molar-refractivity contribution in [2.45, 2.75) is 51.4 Å². The van der Waals surface area contributed by atoms with E-state index in [0.29, 0.717) is 134 Å². The molecule has 24 nitrogen and oxygen atoms in total. The summed E-state index contributed by atoms with van der Waals surface area (Å²) >= 11 is 0. The molecule has 0 aliphatic carbocycles. The maximum absolute atomic E-state index is 14.7. The van der Waals surface area contributed by atoms with Gasteiger partial charge in [-0.15, -0.1) is 0 Å². The monoisotopic (exact) mass is 1690 g/mol. The lowest BCUT2D eigenvalue weighted by Crippen LogP contribution is -2.03. The van der Waals surface area contributed by atoms with Gasteiger partial charge in [0.2, 0.25) is 23.5 Å². The quantitative estimate of drug-likeness (QED) is 0.0259. The van der Waals surface area contributed by atoms with Crippen LogP contribution >= 0.6 is 0 Å². The predicted octanol–water partition coefficient (Wildman–Crippen LogP) is 18.8. The summed E-state index contributed by atoms with van der Waals surface area (Å²) in [5.41, 5.74) is 27.2. The summed E-state index contributed by atoms with van der Waals surface area (Å²) in [5.74, 6) is -1.56. The van der Waals surface area contributed by atoms with E-state index in [2.05, 4.69) is 34.9 Å². The SMILES string of the molecule is Nc1cccc(-c2cn3c(O)c(Cc4ccco4)nc3c(Cc3ccccc3)n2)c1F.Nc1cccc(-c2cn3c(O)c(Cc4ccco4)nc3c(Cc3ccccc3F)n2)c1F.Nc1cccc(-c2cn3c(O)c(Cc4ccco4)nc3c(Cc3ccccc3F)n2)c1F.Oc1cccc(-c2cn3c(O)c(Cc4ccco4)nc3c(Cc3ccccc3)n2)c1F. The minimum atomic E-state index is -0.768. The molecule has 20 aromatic rings. The Bertz CT molecular complexity index is 6880. The molecule has 0 atom stereocenters. The van der Waals surface area contributed by atoms with E-state index in [1.807, 2.05) is 66.7 Å². The summed E-state index contributed by atoms with van der Waals surface area (Å²) in [6, 6.07) is 64.8. The van der Waals surface area contributed by atoms with Crippen LogP contribution in [0.3, 0.4) is 0 Å². The Labute approximate surface area is 712 Å². The molecule has 0 saturated carbocycles. The number of imidazole rings is 4. The largest absolute Gasteiger partial charge is 0.505 e. The van der Waals surface area contributed by atoms with Gasteiger partial charge in [0.15, 0.2) is 51.6 Å². The third kappa shape index (κ3) is 17.2. The summed E-state index contributed by atoms with van der Waals surface area (Å²) in [6.07, 6.45) is 14.5. The van der Waals surface area contributed by atoms with Crippen LogP contribution in [0, 0.1) is 34.9 Å². The van der Waals surface area contributed by atoms with Crippen LogP contribution in [0.4, 0.5) is 43.4 Å². The molecule has 0 fully saturated rings. The van der Waals surface area contributed by atoms with Gasteiger partial charge in [-0.1, -0.05) is 121 Å². The molecule has 126 heavy (non-hydrogen) atoms. The first-order chi connectivity index (χ1) is 61.2. The number of fused-ring (bicyclic) bond motifs is 4. The van der Waals surface area contributed by atoms with Gasteiger partial charge in [-0.05, 0) is 131 Å². The second kappa shape index (κ2) is 35.6. The molecule has 0 saturated heterocycles. The minimum absolute atomic E-state index is 0.0200. The fraction of sp³-hybridized carbons (Fsp3) is 0.0833. The maximum atomic E-state index is 14.7. The van der Waals surface area contributed by atoms with Crippen LogP contribution in [-0.2, 0) is 51.4 Å². The fourth-order valence-electron chi connectivity index (χ4n) is 14.5. The highest BCUT2D eigenvalue weighted by atomic mass is 19.1. The molecule has 8 aromatic carbocycles. The molecule has 0 radical (unpaired) electrons. The second-order valence-electron chi connectivity index (χ2n) is 29.2. The summed E-state index contributed by atoms with van der Waals surface area (Å²) in [5, 5.41) is 53.3. The number of furan rings is 4. The van der Waals surface area contributed by atoms with E-state index in [0.717, 1.165) is 11.1 Å². The van der Waals surface area contributed by atoms with E-state index in [1.54, 1.807) is 144 Å². The van der Waals surface area contributed by atoms with E-state index >= 15 is 0 Å². The second-order valence-corrected chi connectivity index (χ2v) is 29.2. The van der Waals surface area contributed by atoms with Crippen molar-refractivity contribution in [3.63, 3.8) is 0 Å². The van der Waals surface area contributed by atoms with Crippen molar-refractivity contribution < 1.29 is 69.5 Å². The van der Waals surface area contributed by atoms with Crippen molar-refractivity contribution in [3.8, 4) is 74.3 Å². The highest BCUT2D eigenvalue weighted by molar-refractivity contribution is 5.72. The molecule has 0 spiro atoms. The number of phenolic OH excluding ortho intramolecular Hbond substituents is 1. The summed E-state index contributed by atoms with van der Waals surface area (Å²) in [4.78, 5) is 36.8. The molecule has 0 bridgehead atoms. The number of aromatic nitrogens is 12. The number of nitrogen functional groups attached to an aromatic ring is 3. The highest BCUT2D eigenvalue weighted by Crippen LogP contribution is 2.38. The molecule has 11 N–H and O–H groups in total. The molecule has 0 aliphatic rings. The normalized spacial score (nSPS) is 11.3. The first kappa shape index (κ1) is 81.7. The van der Waals surface area contributed by atoms with Gasteiger partial charge in [-0.2, -0.15) is 0 Å². The number of rotatable bonds is 20. The van der Waals surface area contributed by atoms with E-state index < -0.39 is 29.0 Å². The van der Waals surface area contributed by atoms with Gasteiger partial charge in [-0.25, -0.2) is 66.2 Å².